The second-order valence-electron chi connectivity index (χ2n) is 5.59. The van der Waals surface area contributed by atoms with Crippen LogP contribution >= 0.6 is 0 Å². The Balaban J connectivity index is 2.13. The van der Waals surface area contributed by atoms with Gasteiger partial charge in [-0.25, -0.2) is 4.98 Å². The molecule has 0 saturated carbocycles. The summed E-state index contributed by atoms with van der Waals surface area (Å²) in [7, 11) is 0. The van der Waals surface area contributed by atoms with Crippen LogP contribution in [0.1, 0.15) is 45.4 Å². The number of nitrogens with two attached hydrogens (primary N) is 1. The lowest BCUT2D eigenvalue weighted by atomic mass is 10.0. The average molecular weight is 287 g/mol. The van der Waals surface area contributed by atoms with E-state index in [-0.39, 0.29) is 6.10 Å². The van der Waals surface area contributed by atoms with Gasteiger partial charge in [-0.2, -0.15) is 0 Å². The number of ether oxygens (including phenoxy) is 1. The molecule has 2 aromatic rings. The molecule has 1 heterocycles. The van der Waals surface area contributed by atoms with Gasteiger partial charge in [0.05, 0.1) is 18.0 Å². The van der Waals surface area contributed by atoms with Crippen molar-refractivity contribution in [1.82, 2.24) is 9.97 Å². The molecule has 0 fully saturated rings. The molecule has 114 valence electrons. The van der Waals surface area contributed by atoms with E-state index in [2.05, 4.69) is 16.9 Å². The normalized spacial score (nSPS) is 12.6. The van der Waals surface area contributed by atoms with E-state index in [4.69, 9.17) is 10.5 Å². The van der Waals surface area contributed by atoms with Gasteiger partial charge in [-0.3, -0.25) is 0 Å². The van der Waals surface area contributed by atoms with Crippen LogP contribution in [0.25, 0.3) is 11.3 Å². The van der Waals surface area contributed by atoms with E-state index in [1.165, 1.54) is 0 Å². The smallest absolute Gasteiger partial charge is 0.119 e. The molecule has 4 heteroatoms. The number of aromatic amines is 1. The van der Waals surface area contributed by atoms with Gasteiger partial charge in [0.2, 0.25) is 0 Å². The van der Waals surface area contributed by atoms with E-state index in [1.807, 2.05) is 44.3 Å². The van der Waals surface area contributed by atoms with Crippen molar-refractivity contribution in [2.24, 2.45) is 5.73 Å². The Morgan fingerprint density at radius 2 is 1.95 bits per heavy atom. The van der Waals surface area contributed by atoms with Gasteiger partial charge in [0.1, 0.15) is 11.6 Å². The molecule has 2 rings (SSSR count). The summed E-state index contributed by atoms with van der Waals surface area (Å²) in [5.74, 6) is 2.18. The van der Waals surface area contributed by atoms with Crippen LogP contribution in [0.15, 0.2) is 30.5 Å². The van der Waals surface area contributed by atoms with Crippen LogP contribution in [-0.4, -0.2) is 22.6 Å². The Hall–Kier alpha value is -1.81. The number of rotatable bonds is 7. The first-order valence-electron chi connectivity index (χ1n) is 7.66. The number of benzene rings is 1. The number of H-pyrrole nitrogens is 1. The van der Waals surface area contributed by atoms with E-state index in [0.717, 1.165) is 35.7 Å². The molecule has 0 saturated heterocycles. The number of imidazole rings is 1. The van der Waals surface area contributed by atoms with Gasteiger partial charge in [-0.05, 0) is 50.1 Å². The first-order valence-corrected chi connectivity index (χ1v) is 7.66. The highest BCUT2D eigenvalue weighted by atomic mass is 16.5. The maximum Gasteiger partial charge on any atom is 0.119 e. The number of nitrogens with zero attached hydrogens (tertiary/aromatic N) is 1. The fourth-order valence-corrected chi connectivity index (χ4v) is 2.39. The zero-order valence-corrected chi connectivity index (χ0v) is 13.1. The largest absolute Gasteiger partial charge is 0.491 e. The molecule has 0 aliphatic heterocycles. The molecule has 0 spiro atoms. The zero-order valence-electron chi connectivity index (χ0n) is 13.1. The number of hydrogen-bond donors (Lipinski definition) is 2. The fraction of sp³-hybridized carbons (Fsp3) is 0.471. The standard InChI is InChI=1S/C17H25N3O/c1-4-5-14(10-18)17-19-11-16(20-17)13-6-8-15(9-7-13)21-12(2)3/h6-9,11-12,14H,4-5,10,18H2,1-3H3,(H,19,20). The molecule has 1 atom stereocenters. The lowest BCUT2D eigenvalue weighted by molar-refractivity contribution is 0.242. The maximum atomic E-state index is 5.83. The fourth-order valence-electron chi connectivity index (χ4n) is 2.39. The maximum absolute atomic E-state index is 5.83. The van der Waals surface area contributed by atoms with Gasteiger partial charge < -0.3 is 15.5 Å². The van der Waals surface area contributed by atoms with Crippen molar-refractivity contribution in [2.75, 3.05) is 6.54 Å². The molecule has 4 nitrogen and oxygen atoms in total. The third kappa shape index (κ3) is 4.08. The van der Waals surface area contributed by atoms with Crippen molar-refractivity contribution in [2.45, 2.75) is 45.6 Å². The summed E-state index contributed by atoms with van der Waals surface area (Å²) in [5, 5.41) is 0. The number of nitrogens with one attached hydrogen (secondary N) is 1. The molecule has 0 aliphatic rings. The zero-order chi connectivity index (χ0) is 15.2. The Bertz CT molecular complexity index is 545. The number of hydrogen-bond acceptors (Lipinski definition) is 3. The Morgan fingerprint density at radius 1 is 1.24 bits per heavy atom. The first kappa shape index (κ1) is 15.6. The van der Waals surface area contributed by atoms with Crippen molar-refractivity contribution in [3.63, 3.8) is 0 Å². The molecular formula is C17H25N3O. The molecular weight excluding hydrogens is 262 g/mol. The number of aromatic nitrogens is 2. The average Bonchev–Trinajstić information content (AvgIpc) is 2.94. The van der Waals surface area contributed by atoms with Crippen molar-refractivity contribution in [1.29, 1.82) is 0 Å². The summed E-state index contributed by atoms with van der Waals surface area (Å²) >= 11 is 0. The van der Waals surface area contributed by atoms with Crippen LogP contribution in [-0.2, 0) is 0 Å². The molecule has 21 heavy (non-hydrogen) atoms. The first-order chi connectivity index (χ1) is 10.1. The van der Waals surface area contributed by atoms with Gasteiger partial charge >= 0.3 is 0 Å². The molecule has 0 amide bonds. The van der Waals surface area contributed by atoms with E-state index >= 15 is 0 Å². The minimum absolute atomic E-state index is 0.189. The van der Waals surface area contributed by atoms with Gasteiger partial charge in [0, 0.05) is 12.5 Å². The van der Waals surface area contributed by atoms with Crippen molar-refractivity contribution in [3.05, 3.63) is 36.3 Å². The highest BCUT2D eigenvalue weighted by molar-refractivity contribution is 5.59. The third-order valence-corrected chi connectivity index (χ3v) is 3.44. The predicted molar refractivity (Wildman–Crippen MR) is 86.5 cm³/mol. The SMILES string of the molecule is CCCC(CN)c1ncc(-c2ccc(OC(C)C)cc2)[nH]1. The van der Waals surface area contributed by atoms with Gasteiger partial charge in [0.15, 0.2) is 0 Å². The Labute approximate surface area is 126 Å². The highest BCUT2D eigenvalue weighted by Gasteiger charge is 2.13. The molecule has 1 aromatic carbocycles. The quantitative estimate of drug-likeness (QED) is 0.816. The van der Waals surface area contributed by atoms with E-state index in [9.17, 15) is 0 Å². The minimum atomic E-state index is 0.189. The second kappa shape index (κ2) is 7.27. The van der Waals surface area contributed by atoms with Crippen LogP contribution in [0, 0.1) is 0 Å². The van der Waals surface area contributed by atoms with E-state index in [0.29, 0.717) is 12.5 Å². The van der Waals surface area contributed by atoms with Crippen LogP contribution in [0.3, 0.4) is 0 Å². The summed E-state index contributed by atoms with van der Waals surface area (Å²) in [6, 6.07) is 8.07. The Morgan fingerprint density at radius 3 is 2.52 bits per heavy atom. The monoisotopic (exact) mass is 287 g/mol. The molecule has 1 aromatic heterocycles. The highest BCUT2D eigenvalue weighted by Crippen LogP contribution is 2.24. The van der Waals surface area contributed by atoms with Crippen molar-refractivity contribution < 1.29 is 4.74 Å². The van der Waals surface area contributed by atoms with Crippen molar-refractivity contribution >= 4 is 0 Å². The molecule has 3 N–H and O–H groups in total. The summed E-state index contributed by atoms with van der Waals surface area (Å²) in [6.45, 7) is 6.84. The second-order valence-corrected chi connectivity index (χ2v) is 5.59. The summed E-state index contributed by atoms with van der Waals surface area (Å²) in [6.07, 6.45) is 4.24. The van der Waals surface area contributed by atoms with Crippen molar-refractivity contribution in [3.8, 4) is 17.0 Å². The predicted octanol–water partition coefficient (Wildman–Crippen LogP) is 3.71. The lowest BCUT2D eigenvalue weighted by Gasteiger charge is -2.10. The van der Waals surface area contributed by atoms with Crippen LogP contribution in [0.4, 0.5) is 0 Å². The van der Waals surface area contributed by atoms with Gasteiger partial charge in [-0.1, -0.05) is 13.3 Å². The van der Waals surface area contributed by atoms with Crippen LogP contribution < -0.4 is 10.5 Å². The summed E-state index contributed by atoms with van der Waals surface area (Å²) < 4.78 is 5.66. The summed E-state index contributed by atoms with van der Waals surface area (Å²) in [4.78, 5) is 7.88. The van der Waals surface area contributed by atoms with Gasteiger partial charge in [0.25, 0.3) is 0 Å². The van der Waals surface area contributed by atoms with E-state index in [1.54, 1.807) is 0 Å². The molecule has 0 radical (unpaired) electrons. The third-order valence-electron chi connectivity index (χ3n) is 3.44. The van der Waals surface area contributed by atoms with Gasteiger partial charge in [-0.15, -0.1) is 0 Å². The minimum Gasteiger partial charge on any atom is -0.491 e. The van der Waals surface area contributed by atoms with Crippen LogP contribution in [0.2, 0.25) is 0 Å². The summed E-state index contributed by atoms with van der Waals surface area (Å²) in [5.41, 5.74) is 7.96. The topological polar surface area (TPSA) is 63.9 Å². The Kier molecular flexibility index (Phi) is 5.39. The molecule has 0 aliphatic carbocycles. The van der Waals surface area contributed by atoms with E-state index < -0.39 is 0 Å². The lowest BCUT2D eigenvalue weighted by Crippen LogP contribution is -2.13. The van der Waals surface area contributed by atoms with Crippen LogP contribution in [0.5, 0.6) is 5.75 Å². The molecule has 0 bridgehead atoms. The molecule has 1 unspecified atom stereocenters.